The Morgan fingerprint density at radius 1 is 1.40 bits per heavy atom. The molecule has 0 spiro atoms. The lowest BCUT2D eigenvalue weighted by Crippen LogP contribution is -2.58. The van der Waals surface area contributed by atoms with Gasteiger partial charge in [0.05, 0.1) is 6.61 Å². The van der Waals surface area contributed by atoms with Gasteiger partial charge in [0.2, 0.25) is 5.91 Å². The van der Waals surface area contributed by atoms with Gasteiger partial charge in [-0.3, -0.25) is 4.79 Å². The second-order valence-electron chi connectivity index (χ2n) is 7.28. The first-order valence-corrected chi connectivity index (χ1v) is 8.94. The zero-order chi connectivity index (χ0) is 17.6. The number of piperidine rings is 1. The summed E-state index contributed by atoms with van der Waals surface area (Å²) < 4.78 is 0. The molecular weight excluding hydrogens is 314 g/mol. The molecule has 2 aliphatic heterocycles. The van der Waals surface area contributed by atoms with Crippen LogP contribution in [0.2, 0.25) is 0 Å². The van der Waals surface area contributed by atoms with Crippen LogP contribution in [0.4, 0.5) is 0 Å². The minimum atomic E-state index is -0.935. The van der Waals surface area contributed by atoms with E-state index in [2.05, 4.69) is 34.4 Å². The number of allylic oxidation sites excluding steroid dienone is 1. The number of hydrogen-bond acceptors (Lipinski definition) is 3. The average Bonchev–Trinajstić information content (AvgIpc) is 3.01. The van der Waals surface area contributed by atoms with E-state index >= 15 is 0 Å². The first-order chi connectivity index (χ1) is 12.1. The molecule has 2 aromatic rings. The second-order valence-corrected chi connectivity index (χ2v) is 7.28. The van der Waals surface area contributed by atoms with Crippen molar-refractivity contribution >= 4 is 16.8 Å². The van der Waals surface area contributed by atoms with E-state index in [0.29, 0.717) is 6.54 Å². The summed E-state index contributed by atoms with van der Waals surface area (Å²) in [4.78, 5) is 18.8. The Hall–Kier alpha value is -2.11. The monoisotopic (exact) mass is 339 g/mol. The summed E-state index contributed by atoms with van der Waals surface area (Å²) in [6, 6.07) is 8.12. The van der Waals surface area contributed by atoms with Crippen molar-refractivity contribution in [1.29, 1.82) is 0 Å². The summed E-state index contributed by atoms with van der Waals surface area (Å²) in [5.41, 5.74) is 3.32. The van der Waals surface area contributed by atoms with Crippen molar-refractivity contribution in [2.24, 2.45) is 5.92 Å². The molecule has 1 aromatic heterocycles. The maximum Gasteiger partial charge on any atom is 0.235 e. The summed E-state index contributed by atoms with van der Waals surface area (Å²) >= 11 is 0. The number of fused-ring (bicyclic) bond motifs is 3. The fourth-order valence-electron chi connectivity index (χ4n) is 4.69. The normalized spacial score (nSPS) is 29.0. The first kappa shape index (κ1) is 16.4. The van der Waals surface area contributed by atoms with E-state index < -0.39 is 5.41 Å². The van der Waals surface area contributed by atoms with Crippen LogP contribution in [0.15, 0.2) is 35.9 Å². The number of H-pyrrole nitrogens is 1. The van der Waals surface area contributed by atoms with E-state index in [9.17, 15) is 9.90 Å². The van der Waals surface area contributed by atoms with Crippen LogP contribution in [0, 0.1) is 5.92 Å². The minimum Gasteiger partial charge on any atom is -0.395 e. The summed E-state index contributed by atoms with van der Waals surface area (Å²) in [5.74, 6) is -0.0613. The number of aromatic nitrogens is 1. The molecule has 5 heteroatoms. The molecule has 4 rings (SSSR count). The zero-order valence-corrected chi connectivity index (χ0v) is 14.8. The van der Waals surface area contributed by atoms with Gasteiger partial charge < -0.3 is 20.3 Å². The maximum atomic E-state index is 13.1. The number of aliphatic hydroxyl groups excluding tert-OH is 1. The van der Waals surface area contributed by atoms with E-state index in [1.54, 1.807) is 0 Å². The lowest BCUT2D eigenvalue weighted by molar-refractivity contribution is -0.132. The number of hydrogen-bond donors (Lipinski definition) is 3. The van der Waals surface area contributed by atoms with E-state index in [-0.39, 0.29) is 18.4 Å². The first-order valence-electron chi connectivity index (χ1n) is 8.94. The number of likely N-dealkylation sites (N-methyl/N-ethyl adjacent to an activating group) is 1. The average molecular weight is 339 g/mol. The fraction of sp³-hybridized carbons (Fsp3) is 0.450. The molecule has 1 amide bonds. The molecule has 0 bridgehead atoms. The number of benzene rings is 1. The number of nitrogens with one attached hydrogen (secondary N) is 2. The Morgan fingerprint density at radius 3 is 2.96 bits per heavy atom. The molecular formula is C20H25N3O2. The Balaban J connectivity index is 1.93. The molecule has 1 fully saturated rings. The molecule has 0 radical (unpaired) electrons. The van der Waals surface area contributed by atoms with Crippen molar-refractivity contribution in [3.05, 3.63) is 47.2 Å². The van der Waals surface area contributed by atoms with Crippen LogP contribution in [0.1, 0.15) is 24.6 Å². The van der Waals surface area contributed by atoms with Gasteiger partial charge in [0.1, 0.15) is 5.41 Å². The number of likely N-dealkylation sites (tertiary alicyclic amines) is 1. The van der Waals surface area contributed by atoms with Crippen LogP contribution in [0.5, 0.6) is 0 Å². The van der Waals surface area contributed by atoms with Gasteiger partial charge in [0.15, 0.2) is 0 Å². The number of aromatic amines is 1. The minimum absolute atomic E-state index is 0.00538. The van der Waals surface area contributed by atoms with Gasteiger partial charge in [-0.2, -0.15) is 0 Å². The lowest BCUT2D eigenvalue weighted by Gasteiger charge is -2.45. The summed E-state index contributed by atoms with van der Waals surface area (Å²) in [7, 11) is 2.10. The topological polar surface area (TPSA) is 68.4 Å². The van der Waals surface area contributed by atoms with Crippen LogP contribution in [0.25, 0.3) is 10.9 Å². The van der Waals surface area contributed by atoms with E-state index in [1.807, 2.05) is 25.1 Å². The van der Waals surface area contributed by atoms with Gasteiger partial charge in [-0.25, -0.2) is 0 Å². The molecule has 0 saturated carbocycles. The molecule has 1 saturated heterocycles. The number of carbonyl (C=O) groups is 1. The molecule has 25 heavy (non-hydrogen) atoms. The largest absolute Gasteiger partial charge is 0.395 e. The van der Waals surface area contributed by atoms with Crippen LogP contribution in [-0.4, -0.2) is 47.6 Å². The van der Waals surface area contributed by atoms with Gasteiger partial charge in [-0.15, -0.1) is 0 Å². The molecule has 1 aromatic carbocycles. The Labute approximate surface area is 147 Å². The fourth-order valence-corrected chi connectivity index (χ4v) is 4.69. The Morgan fingerprint density at radius 2 is 2.20 bits per heavy atom. The summed E-state index contributed by atoms with van der Waals surface area (Å²) in [6.07, 6.45) is 2.97. The molecule has 3 heterocycles. The highest BCUT2D eigenvalue weighted by Crippen LogP contribution is 2.45. The number of rotatable bonds is 2. The second kappa shape index (κ2) is 6.00. The van der Waals surface area contributed by atoms with E-state index in [0.717, 1.165) is 41.7 Å². The molecule has 132 valence electrons. The van der Waals surface area contributed by atoms with Crippen molar-refractivity contribution in [2.45, 2.75) is 25.3 Å². The van der Waals surface area contributed by atoms with Gasteiger partial charge in [-0.05, 0) is 33.0 Å². The number of para-hydroxylation sites is 1. The molecule has 3 N–H and O–H groups in total. The van der Waals surface area contributed by atoms with Crippen molar-refractivity contribution in [3.8, 4) is 0 Å². The third kappa shape index (κ3) is 2.26. The molecule has 0 aliphatic carbocycles. The summed E-state index contributed by atoms with van der Waals surface area (Å²) in [5, 5.41) is 14.7. The molecule has 5 nitrogen and oxygen atoms in total. The predicted octanol–water partition coefficient (Wildman–Crippen LogP) is 1.93. The van der Waals surface area contributed by atoms with Crippen LogP contribution in [0.3, 0.4) is 0 Å². The van der Waals surface area contributed by atoms with Crippen molar-refractivity contribution < 1.29 is 9.90 Å². The van der Waals surface area contributed by atoms with Gasteiger partial charge >= 0.3 is 0 Å². The van der Waals surface area contributed by atoms with Crippen molar-refractivity contribution in [2.75, 3.05) is 26.7 Å². The van der Waals surface area contributed by atoms with Crippen molar-refractivity contribution in [3.63, 3.8) is 0 Å². The standard InChI is InChI=1S/C20H25N3O2/c1-3-13-11-23(2)9-8-16(13)20(12-24)18-15(10-21-19(20)25)14-6-4-5-7-17(14)22-18/h3-7,16,22,24H,8-12H2,1-2H3,(H,21,25)/b13-3-/t16-,20-/m0/s1. The van der Waals surface area contributed by atoms with Gasteiger partial charge in [0.25, 0.3) is 0 Å². The molecule has 0 unspecified atom stereocenters. The lowest BCUT2D eigenvalue weighted by atomic mass is 9.64. The smallest absolute Gasteiger partial charge is 0.235 e. The molecule has 2 atom stereocenters. The summed E-state index contributed by atoms with van der Waals surface area (Å²) in [6.45, 7) is 4.11. The number of aliphatic hydroxyl groups is 1. The number of nitrogens with zero attached hydrogens (tertiary/aromatic N) is 1. The van der Waals surface area contributed by atoms with Crippen molar-refractivity contribution in [1.82, 2.24) is 15.2 Å². The van der Waals surface area contributed by atoms with Crippen LogP contribution < -0.4 is 5.32 Å². The molecule has 2 aliphatic rings. The van der Waals surface area contributed by atoms with Gasteiger partial charge in [0, 0.05) is 41.2 Å². The quantitative estimate of drug-likeness (QED) is 0.732. The third-order valence-electron chi connectivity index (χ3n) is 6.01. The highest BCUT2D eigenvalue weighted by atomic mass is 16.3. The van der Waals surface area contributed by atoms with Gasteiger partial charge in [-0.1, -0.05) is 29.8 Å². The van der Waals surface area contributed by atoms with Crippen LogP contribution >= 0.6 is 0 Å². The highest BCUT2D eigenvalue weighted by molar-refractivity contribution is 5.96. The highest BCUT2D eigenvalue weighted by Gasteiger charge is 2.53. The van der Waals surface area contributed by atoms with E-state index in [1.165, 1.54) is 5.57 Å². The maximum absolute atomic E-state index is 13.1. The number of amides is 1. The number of carbonyl (C=O) groups excluding carboxylic acids is 1. The van der Waals surface area contributed by atoms with Crippen LogP contribution in [-0.2, 0) is 16.8 Å². The Bertz CT molecular complexity index is 854. The SMILES string of the molecule is C/C=C1/CN(C)CC[C@@H]1[C@]1(CO)C(=O)NCc2c1[nH]c1ccccc21. The Kier molecular flexibility index (Phi) is 3.93. The van der Waals surface area contributed by atoms with E-state index in [4.69, 9.17) is 0 Å². The predicted molar refractivity (Wildman–Crippen MR) is 98.3 cm³/mol. The zero-order valence-electron chi connectivity index (χ0n) is 14.8. The third-order valence-corrected chi connectivity index (χ3v) is 6.01.